The van der Waals surface area contributed by atoms with Crippen LogP contribution in [0.25, 0.3) is 21.3 Å². The zero-order chi connectivity index (χ0) is 10.8. The standard InChI is InChI=1S/C8H5N5O2/c9-13-12-5-3-1-2-4-6(5)10-8(15)11-7(4)14/h1-3H,(H2,10,11,14,15). The van der Waals surface area contributed by atoms with Gasteiger partial charge < -0.3 is 4.98 Å². The number of hydrogen-bond donors (Lipinski definition) is 2. The number of aromatic nitrogens is 2. The maximum absolute atomic E-state index is 11.3. The Morgan fingerprint density at radius 2 is 2.07 bits per heavy atom. The molecule has 1 heterocycles. The zero-order valence-electron chi connectivity index (χ0n) is 7.39. The third-order valence-corrected chi connectivity index (χ3v) is 1.91. The number of aromatic amines is 2. The molecule has 0 bridgehead atoms. The highest BCUT2D eigenvalue weighted by atomic mass is 16.2. The van der Waals surface area contributed by atoms with Crippen LogP contribution in [0.2, 0.25) is 0 Å². The third kappa shape index (κ3) is 1.47. The molecule has 15 heavy (non-hydrogen) atoms. The van der Waals surface area contributed by atoms with Gasteiger partial charge in [-0.2, -0.15) is 0 Å². The molecule has 0 radical (unpaired) electrons. The van der Waals surface area contributed by atoms with Crippen LogP contribution < -0.4 is 11.2 Å². The van der Waals surface area contributed by atoms with E-state index in [-0.39, 0.29) is 16.6 Å². The zero-order valence-corrected chi connectivity index (χ0v) is 7.39. The van der Waals surface area contributed by atoms with Crippen molar-refractivity contribution in [1.82, 2.24) is 9.97 Å². The van der Waals surface area contributed by atoms with Gasteiger partial charge in [0.2, 0.25) is 0 Å². The topological polar surface area (TPSA) is 114 Å². The van der Waals surface area contributed by atoms with Crippen LogP contribution in [0.15, 0.2) is 32.9 Å². The maximum atomic E-state index is 11.3. The number of nitrogens with zero attached hydrogens (tertiary/aromatic N) is 3. The van der Waals surface area contributed by atoms with E-state index in [4.69, 9.17) is 5.53 Å². The van der Waals surface area contributed by atoms with Crippen molar-refractivity contribution in [3.63, 3.8) is 0 Å². The Balaban J connectivity index is 3.03. The van der Waals surface area contributed by atoms with Gasteiger partial charge in [-0.3, -0.25) is 9.78 Å². The number of benzene rings is 1. The Labute approximate surface area is 82.0 Å². The van der Waals surface area contributed by atoms with Gasteiger partial charge in [0.05, 0.1) is 16.6 Å². The molecule has 74 valence electrons. The van der Waals surface area contributed by atoms with Crippen molar-refractivity contribution in [2.75, 3.05) is 0 Å². The first-order chi connectivity index (χ1) is 7.22. The van der Waals surface area contributed by atoms with Gasteiger partial charge in [0, 0.05) is 4.91 Å². The van der Waals surface area contributed by atoms with Gasteiger partial charge in [0.1, 0.15) is 0 Å². The molecule has 2 aromatic rings. The first kappa shape index (κ1) is 9.04. The van der Waals surface area contributed by atoms with E-state index in [2.05, 4.69) is 20.0 Å². The lowest BCUT2D eigenvalue weighted by Crippen LogP contribution is -2.21. The van der Waals surface area contributed by atoms with Gasteiger partial charge in [-0.05, 0) is 11.6 Å². The average Bonchev–Trinajstić information content (AvgIpc) is 2.19. The van der Waals surface area contributed by atoms with Crippen molar-refractivity contribution in [2.24, 2.45) is 5.11 Å². The fourth-order valence-corrected chi connectivity index (χ4v) is 1.31. The van der Waals surface area contributed by atoms with E-state index < -0.39 is 11.2 Å². The van der Waals surface area contributed by atoms with Crippen LogP contribution in [-0.2, 0) is 0 Å². The molecule has 1 aromatic heterocycles. The second-order valence-corrected chi connectivity index (χ2v) is 2.80. The van der Waals surface area contributed by atoms with E-state index in [1.165, 1.54) is 12.1 Å². The molecule has 2 N–H and O–H groups in total. The fourth-order valence-electron chi connectivity index (χ4n) is 1.31. The fraction of sp³-hybridized carbons (Fsp3) is 0. The Bertz CT molecular complexity index is 677. The Kier molecular flexibility index (Phi) is 2.00. The second kappa shape index (κ2) is 3.32. The largest absolute Gasteiger partial charge is 0.326 e. The lowest BCUT2D eigenvalue weighted by atomic mass is 10.2. The number of fused-ring (bicyclic) bond motifs is 1. The van der Waals surface area contributed by atoms with E-state index >= 15 is 0 Å². The van der Waals surface area contributed by atoms with Crippen molar-refractivity contribution in [1.29, 1.82) is 0 Å². The number of hydrogen-bond acceptors (Lipinski definition) is 3. The van der Waals surface area contributed by atoms with Crippen molar-refractivity contribution >= 4 is 16.6 Å². The van der Waals surface area contributed by atoms with Crippen LogP contribution in [0.5, 0.6) is 0 Å². The molecule has 0 unspecified atom stereocenters. The maximum Gasteiger partial charge on any atom is 0.326 e. The predicted molar refractivity (Wildman–Crippen MR) is 54.0 cm³/mol. The quantitative estimate of drug-likeness (QED) is 0.411. The van der Waals surface area contributed by atoms with Crippen molar-refractivity contribution in [3.8, 4) is 0 Å². The van der Waals surface area contributed by atoms with Crippen molar-refractivity contribution in [3.05, 3.63) is 49.5 Å². The number of azide groups is 1. The van der Waals surface area contributed by atoms with E-state index in [1.54, 1.807) is 6.07 Å². The molecule has 7 nitrogen and oxygen atoms in total. The average molecular weight is 203 g/mol. The van der Waals surface area contributed by atoms with Crippen LogP contribution in [-0.4, -0.2) is 9.97 Å². The summed E-state index contributed by atoms with van der Waals surface area (Å²) in [7, 11) is 0. The molecule has 0 saturated carbocycles. The molecule has 1 aromatic carbocycles. The lowest BCUT2D eigenvalue weighted by molar-refractivity contribution is 1.08. The summed E-state index contributed by atoms with van der Waals surface area (Å²) in [6.45, 7) is 0. The molecule has 0 atom stereocenters. The van der Waals surface area contributed by atoms with Crippen LogP contribution in [0.4, 0.5) is 5.69 Å². The number of rotatable bonds is 1. The first-order valence-corrected chi connectivity index (χ1v) is 4.03. The van der Waals surface area contributed by atoms with E-state index in [0.29, 0.717) is 0 Å². The van der Waals surface area contributed by atoms with Crippen LogP contribution >= 0.6 is 0 Å². The molecule has 0 amide bonds. The highest BCUT2D eigenvalue weighted by molar-refractivity contribution is 5.87. The van der Waals surface area contributed by atoms with E-state index in [0.717, 1.165) is 0 Å². The first-order valence-electron chi connectivity index (χ1n) is 4.03. The normalized spacial score (nSPS) is 9.87. The molecule has 0 aliphatic heterocycles. The summed E-state index contributed by atoms with van der Waals surface area (Å²) in [4.78, 5) is 29.5. The van der Waals surface area contributed by atoms with E-state index in [1.807, 2.05) is 0 Å². The molecular formula is C8H5N5O2. The Morgan fingerprint density at radius 1 is 1.27 bits per heavy atom. The number of H-pyrrole nitrogens is 2. The Morgan fingerprint density at radius 3 is 2.80 bits per heavy atom. The third-order valence-electron chi connectivity index (χ3n) is 1.91. The molecule has 7 heteroatoms. The van der Waals surface area contributed by atoms with Crippen LogP contribution in [0.3, 0.4) is 0 Å². The van der Waals surface area contributed by atoms with Gasteiger partial charge in [-0.15, -0.1) is 0 Å². The summed E-state index contributed by atoms with van der Waals surface area (Å²) >= 11 is 0. The summed E-state index contributed by atoms with van der Waals surface area (Å²) in [5.41, 5.74) is 7.62. The van der Waals surface area contributed by atoms with Gasteiger partial charge in [0.15, 0.2) is 0 Å². The highest BCUT2D eigenvalue weighted by Gasteiger charge is 2.03. The second-order valence-electron chi connectivity index (χ2n) is 2.80. The summed E-state index contributed by atoms with van der Waals surface area (Å²) in [5.74, 6) is 0. The predicted octanol–water partition coefficient (Wildman–Crippen LogP) is 1.16. The minimum atomic E-state index is -0.631. The molecule has 0 aliphatic rings. The van der Waals surface area contributed by atoms with E-state index in [9.17, 15) is 9.59 Å². The molecule has 0 saturated heterocycles. The smallest absolute Gasteiger partial charge is 0.306 e. The molecule has 0 fully saturated rings. The molecular weight excluding hydrogens is 198 g/mol. The van der Waals surface area contributed by atoms with Gasteiger partial charge >= 0.3 is 5.69 Å². The SMILES string of the molecule is [N-]=[N+]=Nc1cccc2c(=O)[nH]c(=O)[nH]c12. The summed E-state index contributed by atoms with van der Waals surface area (Å²) < 4.78 is 0. The minimum absolute atomic E-state index is 0.221. The summed E-state index contributed by atoms with van der Waals surface area (Å²) in [6.07, 6.45) is 0. The summed E-state index contributed by atoms with van der Waals surface area (Å²) in [6, 6.07) is 4.61. The lowest BCUT2D eigenvalue weighted by Gasteiger charge is -1.98. The van der Waals surface area contributed by atoms with Gasteiger partial charge in [-0.25, -0.2) is 4.79 Å². The molecule has 0 spiro atoms. The number of nitrogens with one attached hydrogen (secondary N) is 2. The van der Waals surface area contributed by atoms with Gasteiger partial charge in [-0.1, -0.05) is 17.2 Å². The van der Waals surface area contributed by atoms with Crippen molar-refractivity contribution in [2.45, 2.75) is 0 Å². The highest BCUT2D eigenvalue weighted by Crippen LogP contribution is 2.20. The molecule has 2 rings (SSSR count). The number of para-hydroxylation sites is 1. The monoisotopic (exact) mass is 203 g/mol. The Hall–Kier alpha value is -2.53. The van der Waals surface area contributed by atoms with Crippen LogP contribution in [0, 0.1) is 0 Å². The molecule has 0 aliphatic carbocycles. The van der Waals surface area contributed by atoms with Crippen molar-refractivity contribution < 1.29 is 0 Å². The summed E-state index contributed by atoms with van der Waals surface area (Å²) in [5, 5.41) is 3.65. The van der Waals surface area contributed by atoms with Crippen LogP contribution in [0.1, 0.15) is 0 Å². The minimum Gasteiger partial charge on any atom is -0.306 e. The van der Waals surface area contributed by atoms with Gasteiger partial charge in [0.25, 0.3) is 5.56 Å².